The number of hydrogen-bond donors (Lipinski definition) is 0. The number of aryl methyl sites for hydroxylation is 2. The van der Waals surface area contributed by atoms with Crippen molar-refractivity contribution in [2.24, 2.45) is 0 Å². The molecule has 0 spiro atoms. The van der Waals surface area contributed by atoms with Crippen molar-refractivity contribution in [3.05, 3.63) is 28.8 Å². The first-order valence-electron chi connectivity index (χ1n) is 6.53. The van der Waals surface area contributed by atoms with E-state index in [0.717, 1.165) is 12.2 Å². The Morgan fingerprint density at radius 3 is 2.61 bits per heavy atom. The second kappa shape index (κ2) is 5.50. The molecule has 1 aliphatic carbocycles. The van der Waals surface area contributed by atoms with E-state index in [2.05, 4.69) is 32.9 Å². The van der Waals surface area contributed by atoms with Gasteiger partial charge in [-0.1, -0.05) is 6.07 Å². The zero-order valence-corrected chi connectivity index (χ0v) is 12.3. The van der Waals surface area contributed by atoms with Crippen LogP contribution in [0.15, 0.2) is 12.1 Å². The van der Waals surface area contributed by atoms with E-state index >= 15 is 0 Å². The summed E-state index contributed by atoms with van der Waals surface area (Å²) in [7, 11) is 0. The second-order valence-corrected chi connectivity index (χ2v) is 5.59. The number of benzene rings is 1. The summed E-state index contributed by atoms with van der Waals surface area (Å²) in [6.45, 7) is 8.96. The van der Waals surface area contributed by atoms with Gasteiger partial charge in [0, 0.05) is 13.0 Å². The summed E-state index contributed by atoms with van der Waals surface area (Å²) in [5, 5.41) is 0.0844. The Morgan fingerprint density at radius 2 is 2.00 bits per heavy atom. The van der Waals surface area contributed by atoms with Crippen molar-refractivity contribution in [1.29, 1.82) is 0 Å². The standard InChI is InChI=1S/C15H21ClO2/c1-5-17-15-12(16)8-14(15)18-13-7-9(2)6-10(3)11(13)4/h6-7,12,14-15H,5,8H2,1-4H3. The van der Waals surface area contributed by atoms with Crippen LogP contribution in [0, 0.1) is 20.8 Å². The summed E-state index contributed by atoms with van der Waals surface area (Å²) < 4.78 is 11.7. The molecule has 18 heavy (non-hydrogen) atoms. The van der Waals surface area contributed by atoms with E-state index in [-0.39, 0.29) is 17.6 Å². The molecule has 3 unspecified atom stereocenters. The predicted octanol–water partition coefficient (Wildman–Crippen LogP) is 3.78. The fourth-order valence-corrected chi connectivity index (χ4v) is 2.74. The lowest BCUT2D eigenvalue weighted by Gasteiger charge is -2.40. The first kappa shape index (κ1) is 13.7. The van der Waals surface area contributed by atoms with E-state index in [9.17, 15) is 0 Å². The molecule has 0 amide bonds. The molecule has 2 rings (SSSR count). The van der Waals surface area contributed by atoms with Gasteiger partial charge in [0.1, 0.15) is 18.0 Å². The lowest BCUT2D eigenvalue weighted by Crippen LogP contribution is -2.52. The quantitative estimate of drug-likeness (QED) is 0.774. The zero-order chi connectivity index (χ0) is 13.3. The van der Waals surface area contributed by atoms with Crippen LogP contribution in [0.5, 0.6) is 5.75 Å². The van der Waals surface area contributed by atoms with Gasteiger partial charge >= 0.3 is 0 Å². The van der Waals surface area contributed by atoms with Crippen molar-refractivity contribution >= 4 is 11.6 Å². The molecule has 0 radical (unpaired) electrons. The van der Waals surface area contributed by atoms with E-state index in [0.29, 0.717) is 6.61 Å². The molecule has 3 atom stereocenters. The Hall–Kier alpha value is -0.730. The molecule has 1 fully saturated rings. The third-order valence-corrected chi connectivity index (χ3v) is 4.01. The molecule has 0 N–H and O–H groups in total. The first-order valence-corrected chi connectivity index (χ1v) is 6.96. The van der Waals surface area contributed by atoms with Crippen LogP contribution in [-0.4, -0.2) is 24.2 Å². The van der Waals surface area contributed by atoms with Crippen LogP contribution in [0.25, 0.3) is 0 Å². The van der Waals surface area contributed by atoms with Gasteiger partial charge in [-0.3, -0.25) is 0 Å². The van der Waals surface area contributed by atoms with Gasteiger partial charge in [-0.05, 0) is 50.5 Å². The van der Waals surface area contributed by atoms with E-state index in [4.69, 9.17) is 21.1 Å². The van der Waals surface area contributed by atoms with E-state index < -0.39 is 0 Å². The summed E-state index contributed by atoms with van der Waals surface area (Å²) in [5.41, 5.74) is 3.69. The average Bonchev–Trinajstić information content (AvgIpc) is 2.31. The molecular formula is C15H21ClO2. The highest BCUT2D eigenvalue weighted by atomic mass is 35.5. The maximum absolute atomic E-state index is 6.15. The molecule has 1 aliphatic rings. The summed E-state index contributed by atoms with van der Waals surface area (Å²) >= 11 is 6.15. The van der Waals surface area contributed by atoms with Gasteiger partial charge in [-0.25, -0.2) is 0 Å². The van der Waals surface area contributed by atoms with Crippen molar-refractivity contribution in [2.45, 2.75) is 51.7 Å². The minimum absolute atomic E-state index is 0.0249. The lowest BCUT2D eigenvalue weighted by atomic mass is 9.90. The van der Waals surface area contributed by atoms with Crippen LogP contribution in [-0.2, 0) is 4.74 Å². The van der Waals surface area contributed by atoms with Crippen LogP contribution in [0.1, 0.15) is 30.0 Å². The molecule has 0 saturated heterocycles. The van der Waals surface area contributed by atoms with Gasteiger partial charge in [-0.15, -0.1) is 11.6 Å². The molecule has 0 aromatic heterocycles. The summed E-state index contributed by atoms with van der Waals surface area (Å²) in [6.07, 6.45) is 0.975. The molecule has 1 aromatic rings. The summed E-state index contributed by atoms with van der Waals surface area (Å²) in [6, 6.07) is 4.26. The Labute approximate surface area is 114 Å². The molecule has 1 saturated carbocycles. The normalized spacial score (nSPS) is 26.8. The van der Waals surface area contributed by atoms with Crippen molar-refractivity contribution in [1.82, 2.24) is 0 Å². The summed E-state index contributed by atoms with van der Waals surface area (Å²) in [5.74, 6) is 0.964. The lowest BCUT2D eigenvalue weighted by molar-refractivity contribution is -0.0761. The minimum Gasteiger partial charge on any atom is -0.487 e. The van der Waals surface area contributed by atoms with Gasteiger partial charge in [0.05, 0.1) is 5.38 Å². The zero-order valence-electron chi connectivity index (χ0n) is 11.5. The van der Waals surface area contributed by atoms with Crippen LogP contribution in [0.3, 0.4) is 0 Å². The van der Waals surface area contributed by atoms with Gasteiger partial charge in [0.15, 0.2) is 0 Å². The van der Waals surface area contributed by atoms with Gasteiger partial charge < -0.3 is 9.47 Å². The van der Waals surface area contributed by atoms with Crippen molar-refractivity contribution in [3.8, 4) is 5.75 Å². The highest BCUT2D eigenvalue weighted by Crippen LogP contribution is 2.34. The van der Waals surface area contributed by atoms with E-state index in [1.54, 1.807) is 0 Å². The number of alkyl halides is 1. The number of hydrogen-bond acceptors (Lipinski definition) is 2. The van der Waals surface area contributed by atoms with Crippen LogP contribution in [0.2, 0.25) is 0 Å². The largest absolute Gasteiger partial charge is 0.487 e. The molecule has 0 aliphatic heterocycles. The van der Waals surface area contributed by atoms with E-state index in [1.165, 1.54) is 16.7 Å². The fraction of sp³-hybridized carbons (Fsp3) is 0.600. The van der Waals surface area contributed by atoms with E-state index in [1.807, 2.05) is 6.92 Å². The highest BCUT2D eigenvalue weighted by molar-refractivity contribution is 6.21. The molecule has 0 bridgehead atoms. The van der Waals surface area contributed by atoms with Crippen LogP contribution < -0.4 is 4.74 Å². The Kier molecular flexibility index (Phi) is 4.18. The van der Waals surface area contributed by atoms with Gasteiger partial charge in [0.2, 0.25) is 0 Å². The molecule has 0 heterocycles. The molecule has 100 valence electrons. The number of ether oxygens (including phenoxy) is 2. The van der Waals surface area contributed by atoms with Crippen molar-refractivity contribution in [2.75, 3.05) is 6.61 Å². The Balaban J connectivity index is 2.10. The molecule has 3 heteroatoms. The second-order valence-electron chi connectivity index (χ2n) is 5.03. The average molecular weight is 269 g/mol. The smallest absolute Gasteiger partial charge is 0.128 e. The van der Waals surface area contributed by atoms with Crippen molar-refractivity contribution in [3.63, 3.8) is 0 Å². The minimum atomic E-state index is 0.0249. The topological polar surface area (TPSA) is 18.5 Å². The Bertz CT molecular complexity index is 431. The van der Waals surface area contributed by atoms with Gasteiger partial charge in [0.25, 0.3) is 0 Å². The third-order valence-electron chi connectivity index (χ3n) is 3.58. The number of rotatable bonds is 4. The fourth-order valence-electron chi connectivity index (χ4n) is 2.33. The maximum atomic E-state index is 6.15. The SMILES string of the molecule is CCOC1C(Cl)CC1Oc1cc(C)cc(C)c1C. The van der Waals surface area contributed by atoms with Crippen LogP contribution >= 0.6 is 11.6 Å². The molecule has 1 aromatic carbocycles. The summed E-state index contributed by atoms with van der Waals surface area (Å²) in [4.78, 5) is 0. The van der Waals surface area contributed by atoms with Crippen molar-refractivity contribution < 1.29 is 9.47 Å². The Morgan fingerprint density at radius 1 is 1.28 bits per heavy atom. The highest BCUT2D eigenvalue weighted by Gasteiger charge is 2.42. The molecular weight excluding hydrogens is 248 g/mol. The predicted molar refractivity (Wildman–Crippen MR) is 74.7 cm³/mol. The monoisotopic (exact) mass is 268 g/mol. The first-order chi connectivity index (χ1) is 8.52. The third kappa shape index (κ3) is 2.65. The number of halogens is 1. The molecule has 2 nitrogen and oxygen atoms in total. The maximum Gasteiger partial charge on any atom is 0.128 e. The van der Waals surface area contributed by atoms with Gasteiger partial charge in [-0.2, -0.15) is 0 Å². The van der Waals surface area contributed by atoms with Crippen LogP contribution in [0.4, 0.5) is 0 Å².